The Labute approximate surface area is 132 Å². The largest absolute Gasteiger partial charge is 0.280 e. The van der Waals surface area contributed by atoms with Crippen LogP contribution in [-0.2, 0) is 15.7 Å². The van der Waals surface area contributed by atoms with Gasteiger partial charge < -0.3 is 0 Å². The van der Waals surface area contributed by atoms with Crippen molar-refractivity contribution in [3.05, 3.63) is 35.9 Å². The van der Waals surface area contributed by atoms with E-state index >= 15 is 0 Å². The van der Waals surface area contributed by atoms with Crippen LogP contribution >= 0.6 is 11.6 Å². The van der Waals surface area contributed by atoms with Crippen LogP contribution in [0.3, 0.4) is 0 Å². The molecular weight excluding hydrogens is 308 g/mol. The van der Waals surface area contributed by atoms with Crippen molar-refractivity contribution in [2.45, 2.75) is 32.2 Å². The van der Waals surface area contributed by atoms with Gasteiger partial charge in [-0.3, -0.25) is 0 Å². The lowest BCUT2D eigenvalue weighted by molar-refractivity contribution is 0.280. The Bertz CT molecular complexity index is 556. The van der Waals surface area contributed by atoms with E-state index in [-0.39, 0.29) is 5.88 Å². The standard InChI is InChI=1S/C15H23ClN2O2S/c1-13-8-10-18(11-9-13)21(19,20)17-15(2,12-16)14-6-4-3-5-7-14/h3-7,13,17H,8-12H2,1-2H3. The molecule has 6 heteroatoms. The fraction of sp³-hybridized carbons (Fsp3) is 0.600. The first-order valence-corrected chi connectivity index (χ1v) is 9.25. The third kappa shape index (κ3) is 3.97. The van der Waals surface area contributed by atoms with Crippen LogP contribution < -0.4 is 4.72 Å². The van der Waals surface area contributed by atoms with Crippen molar-refractivity contribution < 1.29 is 8.42 Å². The monoisotopic (exact) mass is 330 g/mol. The molecule has 21 heavy (non-hydrogen) atoms. The zero-order valence-electron chi connectivity index (χ0n) is 12.5. The van der Waals surface area contributed by atoms with Gasteiger partial charge >= 0.3 is 0 Å². The van der Waals surface area contributed by atoms with Crippen molar-refractivity contribution in [2.24, 2.45) is 5.92 Å². The summed E-state index contributed by atoms with van der Waals surface area (Å²) in [5, 5.41) is 0. The van der Waals surface area contributed by atoms with Crippen LogP contribution in [0.15, 0.2) is 30.3 Å². The van der Waals surface area contributed by atoms with Crippen molar-refractivity contribution in [1.29, 1.82) is 0 Å². The summed E-state index contributed by atoms with van der Waals surface area (Å²) in [6.45, 7) is 5.12. The predicted octanol–water partition coefficient (Wildman–Crippen LogP) is 2.71. The van der Waals surface area contributed by atoms with Crippen molar-refractivity contribution in [3.63, 3.8) is 0 Å². The zero-order chi connectivity index (χ0) is 15.5. The molecule has 0 bridgehead atoms. The smallest absolute Gasteiger partial charge is 0.195 e. The van der Waals surface area contributed by atoms with E-state index in [1.165, 1.54) is 4.31 Å². The zero-order valence-corrected chi connectivity index (χ0v) is 14.1. The van der Waals surface area contributed by atoms with E-state index in [1.54, 1.807) is 0 Å². The SMILES string of the molecule is CC1CCN(S(=O)(=O)NC(C)(CCl)c2ccccc2)CC1. The summed E-state index contributed by atoms with van der Waals surface area (Å²) in [5.74, 6) is 0.769. The van der Waals surface area contributed by atoms with Gasteiger partial charge in [-0.15, -0.1) is 11.6 Å². The number of piperidine rings is 1. The summed E-state index contributed by atoms with van der Waals surface area (Å²) in [5.41, 5.74) is 0.0685. The van der Waals surface area contributed by atoms with E-state index in [4.69, 9.17) is 11.6 Å². The van der Waals surface area contributed by atoms with Crippen LogP contribution in [0, 0.1) is 5.92 Å². The molecule has 0 amide bonds. The molecule has 118 valence electrons. The van der Waals surface area contributed by atoms with Crippen LogP contribution in [0.4, 0.5) is 0 Å². The highest BCUT2D eigenvalue weighted by Crippen LogP contribution is 2.25. The minimum atomic E-state index is -3.53. The number of alkyl halides is 1. The van der Waals surface area contributed by atoms with Gasteiger partial charge in [0.2, 0.25) is 0 Å². The van der Waals surface area contributed by atoms with Gasteiger partial charge in [0, 0.05) is 19.0 Å². The second kappa shape index (κ2) is 6.65. The van der Waals surface area contributed by atoms with Gasteiger partial charge in [-0.1, -0.05) is 37.3 Å². The first kappa shape index (κ1) is 16.7. The highest BCUT2D eigenvalue weighted by molar-refractivity contribution is 7.87. The molecule has 0 aromatic heterocycles. The molecule has 1 N–H and O–H groups in total. The van der Waals surface area contributed by atoms with Crippen molar-refractivity contribution >= 4 is 21.8 Å². The van der Waals surface area contributed by atoms with Gasteiger partial charge in [0.15, 0.2) is 0 Å². The van der Waals surface area contributed by atoms with E-state index in [0.29, 0.717) is 19.0 Å². The highest BCUT2D eigenvalue weighted by Gasteiger charge is 2.35. The van der Waals surface area contributed by atoms with Crippen molar-refractivity contribution in [3.8, 4) is 0 Å². The lowest BCUT2D eigenvalue weighted by atomic mass is 9.96. The molecule has 1 aromatic carbocycles. The summed E-state index contributed by atoms with van der Waals surface area (Å²) in [6, 6.07) is 9.46. The Balaban J connectivity index is 2.17. The molecule has 1 aliphatic rings. The van der Waals surface area contributed by atoms with Gasteiger partial charge in [0.25, 0.3) is 10.2 Å². The molecule has 1 unspecified atom stereocenters. The number of hydrogen-bond acceptors (Lipinski definition) is 2. The van der Waals surface area contributed by atoms with Crippen LogP contribution in [0.5, 0.6) is 0 Å². The van der Waals surface area contributed by atoms with Crippen molar-refractivity contribution in [1.82, 2.24) is 9.03 Å². The van der Waals surface area contributed by atoms with E-state index in [0.717, 1.165) is 18.4 Å². The minimum Gasteiger partial charge on any atom is -0.195 e. The molecule has 1 aliphatic heterocycles. The van der Waals surface area contributed by atoms with Crippen molar-refractivity contribution in [2.75, 3.05) is 19.0 Å². The molecule has 0 saturated carbocycles. The van der Waals surface area contributed by atoms with E-state index < -0.39 is 15.7 Å². The maximum atomic E-state index is 12.6. The topological polar surface area (TPSA) is 49.4 Å². The number of nitrogens with one attached hydrogen (secondary N) is 1. The van der Waals surface area contributed by atoms with Gasteiger partial charge in [-0.2, -0.15) is 17.4 Å². The Kier molecular flexibility index (Phi) is 5.30. The first-order chi connectivity index (χ1) is 9.87. The average Bonchev–Trinajstić information content (AvgIpc) is 2.48. The number of nitrogens with zero attached hydrogens (tertiary/aromatic N) is 1. The van der Waals surface area contributed by atoms with Gasteiger partial charge in [0.1, 0.15) is 0 Å². The molecule has 4 nitrogen and oxygen atoms in total. The summed E-state index contributed by atoms with van der Waals surface area (Å²) in [7, 11) is -3.53. The fourth-order valence-corrected chi connectivity index (χ4v) is 4.42. The Hall–Kier alpha value is -0.620. The third-order valence-corrected chi connectivity index (χ3v) is 6.40. The average molecular weight is 331 g/mol. The Morgan fingerprint density at radius 1 is 1.29 bits per heavy atom. The minimum absolute atomic E-state index is 0.181. The molecule has 1 atom stereocenters. The summed E-state index contributed by atoms with van der Waals surface area (Å²) < 4.78 is 29.5. The summed E-state index contributed by atoms with van der Waals surface area (Å²) >= 11 is 6.07. The molecule has 2 rings (SSSR count). The quantitative estimate of drug-likeness (QED) is 0.844. The summed E-state index contributed by atoms with van der Waals surface area (Å²) in [4.78, 5) is 0. The number of halogens is 1. The van der Waals surface area contributed by atoms with Crippen LogP contribution in [-0.4, -0.2) is 31.7 Å². The third-order valence-electron chi connectivity index (χ3n) is 4.11. The lowest BCUT2D eigenvalue weighted by Gasteiger charge is -2.35. The first-order valence-electron chi connectivity index (χ1n) is 7.28. The molecule has 1 fully saturated rings. The Morgan fingerprint density at radius 3 is 2.38 bits per heavy atom. The summed E-state index contributed by atoms with van der Waals surface area (Å²) in [6.07, 6.45) is 1.81. The molecule has 0 radical (unpaired) electrons. The second-order valence-corrected chi connectivity index (χ2v) is 7.96. The predicted molar refractivity (Wildman–Crippen MR) is 86.5 cm³/mol. The molecule has 1 saturated heterocycles. The number of hydrogen-bond donors (Lipinski definition) is 1. The van der Waals surface area contributed by atoms with Gasteiger partial charge in [-0.05, 0) is 31.2 Å². The van der Waals surface area contributed by atoms with Gasteiger partial charge in [0.05, 0.1) is 5.54 Å². The normalized spacial score (nSPS) is 21.1. The second-order valence-electron chi connectivity index (χ2n) is 6.02. The van der Waals surface area contributed by atoms with E-state index in [2.05, 4.69) is 11.6 Å². The fourth-order valence-electron chi connectivity index (χ4n) is 2.54. The van der Waals surface area contributed by atoms with E-state index in [1.807, 2.05) is 37.3 Å². The van der Waals surface area contributed by atoms with Gasteiger partial charge in [-0.25, -0.2) is 0 Å². The number of rotatable bonds is 5. The van der Waals surface area contributed by atoms with Crippen LogP contribution in [0.2, 0.25) is 0 Å². The lowest BCUT2D eigenvalue weighted by Crippen LogP contribution is -2.52. The molecular formula is C15H23ClN2O2S. The number of benzene rings is 1. The maximum Gasteiger partial charge on any atom is 0.280 e. The molecule has 1 aromatic rings. The van der Waals surface area contributed by atoms with Crippen LogP contribution in [0.1, 0.15) is 32.3 Å². The van der Waals surface area contributed by atoms with E-state index in [9.17, 15) is 8.42 Å². The molecule has 0 spiro atoms. The molecule has 0 aliphatic carbocycles. The highest BCUT2D eigenvalue weighted by atomic mass is 35.5. The maximum absolute atomic E-state index is 12.6. The molecule has 1 heterocycles. The Morgan fingerprint density at radius 2 is 1.86 bits per heavy atom. The van der Waals surface area contributed by atoms with Crippen LogP contribution in [0.25, 0.3) is 0 Å².